The van der Waals surface area contributed by atoms with Gasteiger partial charge in [-0.1, -0.05) is 6.92 Å². The Kier molecular flexibility index (Phi) is 6.52. The summed E-state index contributed by atoms with van der Waals surface area (Å²) in [5.74, 6) is -0.268. The third kappa shape index (κ3) is 4.62. The number of carbonyl (C=O) groups excluding carboxylic acids is 1. The predicted octanol–water partition coefficient (Wildman–Crippen LogP) is 1.34. The fraction of sp³-hybridized carbons (Fsp3) is 0.909. The third-order valence-corrected chi connectivity index (χ3v) is 2.51. The number of carbonyl (C=O) groups is 1. The number of hydrogen-bond acceptors (Lipinski definition) is 4. The molecule has 2 unspecified atom stereocenters. The molecular formula is C11H23NO3. The van der Waals surface area contributed by atoms with Gasteiger partial charge in [0.25, 0.3) is 0 Å². The summed E-state index contributed by atoms with van der Waals surface area (Å²) in [5.41, 5.74) is -0.751. The molecule has 0 fully saturated rings. The summed E-state index contributed by atoms with van der Waals surface area (Å²) in [5, 5.41) is 2.94. The summed E-state index contributed by atoms with van der Waals surface area (Å²) in [6.45, 7) is 8.33. The first-order valence-corrected chi connectivity index (χ1v) is 5.47. The Labute approximate surface area is 92.3 Å². The standard InChI is InChI=1S/C11H23NO3/c1-6-9(3)15-8-11(4,12-5)10(13)14-7-2/h9,12H,6-8H2,1-5H3. The SMILES string of the molecule is CCOC(=O)C(C)(COC(C)CC)NC. The molecular weight excluding hydrogens is 194 g/mol. The van der Waals surface area contributed by atoms with Crippen LogP contribution in [-0.4, -0.2) is 37.9 Å². The van der Waals surface area contributed by atoms with Gasteiger partial charge in [0.05, 0.1) is 19.3 Å². The molecule has 0 aliphatic carbocycles. The molecule has 0 heterocycles. The zero-order chi connectivity index (χ0) is 11.9. The molecule has 0 aromatic heterocycles. The van der Waals surface area contributed by atoms with E-state index in [1.165, 1.54) is 0 Å². The zero-order valence-electron chi connectivity index (χ0n) is 10.4. The van der Waals surface area contributed by atoms with Gasteiger partial charge >= 0.3 is 5.97 Å². The lowest BCUT2D eigenvalue weighted by Crippen LogP contribution is -2.52. The van der Waals surface area contributed by atoms with E-state index >= 15 is 0 Å². The second kappa shape index (κ2) is 6.80. The first kappa shape index (κ1) is 14.4. The molecule has 0 saturated carbocycles. The highest BCUT2D eigenvalue weighted by Crippen LogP contribution is 2.09. The van der Waals surface area contributed by atoms with Gasteiger partial charge in [-0.25, -0.2) is 4.79 Å². The fourth-order valence-electron chi connectivity index (χ4n) is 0.950. The van der Waals surface area contributed by atoms with E-state index in [4.69, 9.17) is 9.47 Å². The van der Waals surface area contributed by atoms with Crippen LogP contribution in [0.15, 0.2) is 0 Å². The van der Waals surface area contributed by atoms with Crippen molar-refractivity contribution in [1.29, 1.82) is 0 Å². The average Bonchev–Trinajstić information content (AvgIpc) is 2.25. The van der Waals surface area contributed by atoms with Gasteiger partial charge in [0.15, 0.2) is 0 Å². The molecule has 15 heavy (non-hydrogen) atoms. The quantitative estimate of drug-likeness (QED) is 0.654. The highest BCUT2D eigenvalue weighted by atomic mass is 16.5. The molecule has 1 N–H and O–H groups in total. The van der Waals surface area contributed by atoms with Gasteiger partial charge in [0.1, 0.15) is 5.54 Å². The van der Waals surface area contributed by atoms with Crippen LogP contribution in [0.4, 0.5) is 0 Å². The highest BCUT2D eigenvalue weighted by molar-refractivity contribution is 5.80. The summed E-state index contributed by atoms with van der Waals surface area (Å²) < 4.78 is 10.5. The summed E-state index contributed by atoms with van der Waals surface area (Å²) in [6.07, 6.45) is 1.09. The van der Waals surface area contributed by atoms with Crippen molar-refractivity contribution in [2.75, 3.05) is 20.3 Å². The van der Waals surface area contributed by atoms with E-state index in [-0.39, 0.29) is 12.1 Å². The minimum atomic E-state index is -0.751. The van der Waals surface area contributed by atoms with Gasteiger partial charge in [-0.05, 0) is 34.2 Å². The van der Waals surface area contributed by atoms with Gasteiger partial charge in [-0.15, -0.1) is 0 Å². The molecule has 0 aliphatic heterocycles. The Morgan fingerprint density at radius 3 is 2.47 bits per heavy atom. The maximum atomic E-state index is 11.6. The summed E-state index contributed by atoms with van der Waals surface area (Å²) >= 11 is 0. The topological polar surface area (TPSA) is 47.6 Å². The minimum Gasteiger partial charge on any atom is -0.465 e. The van der Waals surface area contributed by atoms with Crippen LogP contribution in [0.2, 0.25) is 0 Å². The first-order chi connectivity index (χ1) is 7.00. The van der Waals surface area contributed by atoms with Crippen LogP contribution in [0.3, 0.4) is 0 Å². The molecule has 0 bridgehead atoms. The monoisotopic (exact) mass is 217 g/mol. The first-order valence-electron chi connectivity index (χ1n) is 5.47. The normalized spacial score (nSPS) is 16.9. The van der Waals surface area contributed by atoms with Gasteiger partial charge in [-0.3, -0.25) is 0 Å². The summed E-state index contributed by atoms with van der Waals surface area (Å²) in [4.78, 5) is 11.6. The van der Waals surface area contributed by atoms with Crippen molar-refractivity contribution in [1.82, 2.24) is 5.32 Å². The number of esters is 1. The molecule has 90 valence electrons. The lowest BCUT2D eigenvalue weighted by Gasteiger charge is -2.27. The van der Waals surface area contributed by atoms with Crippen molar-refractivity contribution < 1.29 is 14.3 Å². The maximum absolute atomic E-state index is 11.6. The van der Waals surface area contributed by atoms with E-state index in [0.717, 1.165) is 6.42 Å². The summed E-state index contributed by atoms with van der Waals surface area (Å²) in [7, 11) is 1.73. The van der Waals surface area contributed by atoms with E-state index < -0.39 is 5.54 Å². The number of likely N-dealkylation sites (N-methyl/N-ethyl adjacent to an activating group) is 1. The Morgan fingerprint density at radius 1 is 1.47 bits per heavy atom. The maximum Gasteiger partial charge on any atom is 0.328 e. The third-order valence-electron chi connectivity index (χ3n) is 2.51. The molecule has 0 saturated heterocycles. The molecule has 0 spiro atoms. The van der Waals surface area contributed by atoms with Crippen LogP contribution in [0.5, 0.6) is 0 Å². The Hall–Kier alpha value is -0.610. The van der Waals surface area contributed by atoms with Gasteiger partial charge in [0, 0.05) is 0 Å². The van der Waals surface area contributed by atoms with Crippen LogP contribution < -0.4 is 5.32 Å². The fourth-order valence-corrected chi connectivity index (χ4v) is 0.950. The van der Waals surface area contributed by atoms with Crippen LogP contribution in [0.1, 0.15) is 34.1 Å². The lowest BCUT2D eigenvalue weighted by molar-refractivity contribution is -0.153. The Balaban J connectivity index is 4.23. The largest absolute Gasteiger partial charge is 0.465 e. The summed E-state index contributed by atoms with van der Waals surface area (Å²) in [6, 6.07) is 0. The van der Waals surface area contributed by atoms with Crippen molar-refractivity contribution in [3.63, 3.8) is 0 Å². The molecule has 0 aromatic rings. The molecule has 0 amide bonds. The highest BCUT2D eigenvalue weighted by Gasteiger charge is 2.33. The molecule has 0 aromatic carbocycles. The van der Waals surface area contributed by atoms with Crippen LogP contribution in [0, 0.1) is 0 Å². The van der Waals surface area contributed by atoms with Crippen molar-refractivity contribution in [3.8, 4) is 0 Å². The van der Waals surface area contributed by atoms with Crippen molar-refractivity contribution in [2.24, 2.45) is 0 Å². The minimum absolute atomic E-state index is 0.159. The van der Waals surface area contributed by atoms with Crippen molar-refractivity contribution in [2.45, 2.75) is 45.8 Å². The average molecular weight is 217 g/mol. The van der Waals surface area contributed by atoms with E-state index in [1.54, 1.807) is 20.9 Å². The number of ether oxygens (including phenoxy) is 2. The lowest BCUT2D eigenvalue weighted by atomic mass is 10.0. The molecule has 0 radical (unpaired) electrons. The molecule has 2 atom stereocenters. The Bertz CT molecular complexity index is 196. The molecule has 0 rings (SSSR count). The van der Waals surface area contributed by atoms with Crippen molar-refractivity contribution >= 4 is 5.97 Å². The predicted molar refractivity (Wildman–Crippen MR) is 59.8 cm³/mol. The van der Waals surface area contributed by atoms with E-state index in [9.17, 15) is 4.79 Å². The number of hydrogen-bond donors (Lipinski definition) is 1. The number of nitrogens with one attached hydrogen (secondary N) is 1. The number of rotatable bonds is 7. The van der Waals surface area contributed by atoms with Gasteiger partial charge in [0.2, 0.25) is 0 Å². The Morgan fingerprint density at radius 2 is 2.07 bits per heavy atom. The van der Waals surface area contributed by atoms with Crippen molar-refractivity contribution in [3.05, 3.63) is 0 Å². The second-order valence-corrected chi connectivity index (χ2v) is 3.83. The van der Waals surface area contributed by atoms with E-state index in [0.29, 0.717) is 13.2 Å². The van der Waals surface area contributed by atoms with Gasteiger partial charge < -0.3 is 14.8 Å². The second-order valence-electron chi connectivity index (χ2n) is 3.83. The van der Waals surface area contributed by atoms with Crippen LogP contribution >= 0.6 is 0 Å². The van der Waals surface area contributed by atoms with E-state index in [1.807, 2.05) is 13.8 Å². The molecule has 4 heteroatoms. The van der Waals surface area contributed by atoms with Crippen LogP contribution in [-0.2, 0) is 14.3 Å². The molecule has 4 nitrogen and oxygen atoms in total. The van der Waals surface area contributed by atoms with E-state index in [2.05, 4.69) is 5.32 Å². The smallest absolute Gasteiger partial charge is 0.328 e. The zero-order valence-corrected chi connectivity index (χ0v) is 10.4. The van der Waals surface area contributed by atoms with Gasteiger partial charge in [-0.2, -0.15) is 0 Å². The van der Waals surface area contributed by atoms with Crippen LogP contribution in [0.25, 0.3) is 0 Å². The molecule has 0 aliphatic rings.